The summed E-state index contributed by atoms with van der Waals surface area (Å²) in [5.74, 6) is -0.183. The molecular weight excluding hydrogens is 537 g/mol. The maximum absolute atomic E-state index is 14.5. The van der Waals surface area contributed by atoms with Crippen molar-refractivity contribution in [3.63, 3.8) is 0 Å². The minimum absolute atomic E-state index is 0.0305. The Morgan fingerprint density at radius 1 is 0.591 bits per heavy atom. The van der Waals surface area contributed by atoms with Gasteiger partial charge in [0.1, 0.15) is 5.82 Å². The maximum atomic E-state index is 14.5. The van der Waals surface area contributed by atoms with E-state index in [0.717, 1.165) is 18.5 Å². The van der Waals surface area contributed by atoms with Crippen LogP contribution in [0.1, 0.15) is 45.1 Å². The maximum Gasteiger partial charge on any atom is 0.125 e. The van der Waals surface area contributed by atoms with E-state index in [1.165, 1.54) is 78.7 Å². The summed E-state index contributed by atoms with van der Waals surface area (Å²) < 4.78 is 14.5. The van der Waals surface area contributed by atoms with Gasteiger partial charge in [0.15, 0.2) is 0 Å². The van der Waals surface area contributed by atoms with E-state index in [2.05, 4.69) is 122 Å². The standard InChI is InChI=1S/C42H34FN/c1-41-23-6-7-24-42(41,2)44(32-12-8-11-31(43)26-32)38-22-17-30(25-37(38)41)34-19-14-29-15-20-35-33(27-9-4-3-5-10-27)18-13-28-16-21-36(34)40(29)39(28)35/h3-5,8-22,25-26H,6-7,23-24H2,1-2H3. The van der Waals surface area contributed by atoms with E-state index in [1.54, 1.807) is 12.1 Å². The molecule has 9 rings (SSSR count). The van der Waals surface area contributed by atoms with Crippen molar-refractivity contribution < 1.29 is 4.39 Å². The molecule has 7 aromatic rings. The van der Waals surface area contributed by atoms with Gasteiger partial charge in [0.05, 0.1) is 5.54 Å². The third kappa shape index (κ3) is 3.40. The van der Waals surface area contributed by atoms with Gasteiger partial charge in [0, 0.05) is 16.8 Å². The van der Waals surface area contributed by atoms with Crippen molar-refractivity contribution in [1.82, 2.24) is 0 Å². The highest BCUT2D eigenvalue weighted by Gasteiger charge is 2.57. The Bertz CT molecular complexity index is 2230. The van der Waals surface area contributed by atoms with Crippen LogP contribution in [0.3, 0.4) is 0 Å². The molecule has 7 aromatic carbocycles. The van der Waals surface area contributed by atoms with Crippen LogP contribution in [0.25, 0.3) is 54.6 Å². The number of benzene rings is 7. The molecule has 1 fully saturated rings. The third-order valence-electron chi connectivity index (χ3n) is 11.2. The molecule has 0 bridgehead atoms. The lowest BCUT2D eigenvalue weighted by Gasteiger charge is -2.50. The Balaban J connectivity index is 1.27. The highest BCUT2D eigenvalue weighted by molar-refractivity contribution is 6.27. The lowest BCUT2D eigenvalue weighted by Crippen LogP contribution is -2.54. The quantitative estimate of drug-likeness (QED) is 0.191. The molecule has 2 heteroatoms. The van der Waals surface area contributed by atoms with Crippen LogP contribution >= 0.6 is 0 Å². The van der Waals surface area contributed by atoms with E-state index in [0.29, 0.717) is 0 Å². The largest absolute Gasteiger partial charge is 0.334 e. The molecule has 0 spiro atoms. The molecule has 1 aliphatic heterocycles. The van der Waals surface area contributed by atoms with Crippen molar-refractivity contribution in [2.24, 2.45) is 0 Å². The van der Waals surface area contributed by atoms with E-state index in [9.17, 15) is 4.39 Å². The Morgan fingerprint density at radius 3 is 1.95 bits per heavy atom. The van der Waals surface area contributed by atoms with Crippen LogP contribution in [0.5, 0.6) is 0 Å². The summed E-state index contributed by atoms with van der Waals surface area (Å²) in [6, 6.07) is 43.3. The number of hydrogen-bond donors (Lipinski definition) is 0. The van der Waals surface area contributed by atoms with Crippen LogP contribution in [-0.4, -0.2) is 5.54 Å². The molecular formula is C42H34FN. The van der Waals surface area contributed by atoms with E-state index in [1.807, 2.05) is 6.07 Å². The molecule has 0 aromatic heterocycles. The first-order valence-corrected chi connectivity index (χ1v) is 15.9. The zero-order valence-electron chi connectivity index (χ0n) is 25.2. The van der Waals surface area contributed by atoms with E-state index < -0.39 is 0 Å². The fourth-order valence-electron chi connectivity index (χ4n) is 8.84. The van der Waals surface area contributed by atoms with Crippen LogP contribution in [0, 0.1) is 5.82 Å². The van der Waals surface area contributed by atoms with E-state index in [4.69, 9.17) is 0 Å². The average molecular weight is 572 g/mol. The minimum Gasteiger partial charge on any atom is -0.334 e. The molecule has 1 heterocycles. The number of fused-ring (bicyclic) bond motifs is 3. The van der Waals surface area contributed by atoms with Gasteiger partial charge in [-0.15, -0.1) is 0 Å². The fourth-order valence-corrected chi connectivity index (χ4v) is 8.84. The minimum atomic E-state index is -0.183. The summed E-state index contributed by atoms with van der Waals surface area (Å²) in [6.07, 6.45) is 4.63. The summed E-state index contributed by atoms with van der Waals surface area (Å²) in [5.41, 5.74) is 8.45. The summed E-state index contributed by atoms with van der Waals surface area (Å²) in [6.45, 7) is 4.85. The second-order valence-corrected chi connectivity index (χ2v) is 13.4. The molecule has 0 radical (unpaired) electrons. The number of halogens is 1. The van der Waals surface area contributed by atoms with Crippen molar-refractivity contribution in [3.05, 3.63) is 133 Å². The van der Waals surface area contributed by atoms with Crippen LogP contribution in [0.2, 0.25) is 0 Å². The molecule has 2 atom stereocenters. The fraction of sp³-hybridized carbons (Fsp3) is 0.190. The summed E-state index contributed by atoms with van der Waals surface area (Å²) >= 11 is 0. The van der Waals surface area contributed by atoms with Crippen molar-refractivity contribution >= 4 is 43.7 Å². The lowest BCUT2D eigenvalue weighted by atomic mass is 9.61. The number of rotatable bonds is 3. The normalized spacial score (nSPS) is 21.3. The van der Waals surface area contributed by atoms with Gasteiger partial charge in [-0.25, -0.2) is 4.39 Å². The van der Waals surface area contributed by atoms with Crippen LogP contribution in [0.4, 0.5) is 15.8 Å². The predicted molar refractivity (Wildman–Crippen MR) is 184 cm³/mol. The first-order chi connectivity index (χ1) is 21.5. The van der Waals surface area contributed by atoms with Crippen LogP contribution in [-0.2, 0) is 5.41 Å². The Hall–Kier alpha value is -4.69. The molecule has 214 valence electrons. The molecule has 44 heavy (non-hydrogen) atoms. The Morgan fingerprint density at radius 2 is 1.25 bits per heavy atom. The smallest absolute Gasteiger partial charge is 0.125 e. The predicted octanol–water partition coefficient (Wildman–Crippen LogP) is 11.8. The topological polar surface area (TPSA) is 3.24 Å². The number of anilines is 2. The summed E-state index contributed by atoms with van der Waals surface area (Å²) in [7, 11) is 0. The SMILES string of the molecule is CC12CCCCC1(C)N(c1cccc(F)c1)c1ccc(-c3ccc4ccc5c(-c6ccccc6)ccc6ccc3c4c65)cc12. The number of hydrogen-bond acceptors (Lipinski definition) is 1. The highest BCUT2D eigenvalue weighted by Crippen LogP contribution is 2.61. The molecule has 2 aliphatic rings. The van der Waals surface area contributed by atoms with Gasteiger partial charge in [0.25, 0.3) is 0 Å². The van der Waals surface area contributed by atoms with Gasteiger partial charge >= 0.3 is 0 Å². The molecule has 1 aliphatic carbocycles. The van der Waals surface area contributed by atoms with Crippen molar-refractivity contribution in [1.29, 1.82) is 0 Å². The zero-order valence-corrected chi connectivity index (χ0v) is 25.2. The highest BCUT2D eigenvalue weighted by atomic mass is 19.1. The van der Waals surface area contributed by atoms with Crippen molar-refractivity contribution in [3.8, 4) is 22.3 Å². The van der Waals surface area contributed by atoms with Gasteiger partial charge in [0.2, 0.25) is 0 Å². The van der Waals surface area contributed by atoms with Gasteiger partial charge in [-0.1, -0.05) is 111 Å². The van der Waals surface area contributed by atoms with Crippen LogP contribution in [0.15, 0.2) is 121 Å². The average Bonchev–Trinajstić information content (AvgIpc) is 3.26. The molecule has 0 amide bonds. The lowest BCUT2D eigenvalue weighted by molar-refractivity contribution is 0.195. The third-order valence-corrected chi connectivity index (χ3v) is 11.2. The Kier molecular flexibility index (Phi) is 5.36. The number of nitrogens with zero attached hydrogens (tertiary/aromatic N) is 1. The second kappa shape index (κ2) is 9.16. The molecule has 0 N–H and O–H groups in total. The second-order valence-electron chi connectivity index (χ2n) is 13.4. The molecule has 0 saturated heterocycles. The van der Waals surface area contributed by atoms with Gasteiger partial charge in [-0.2, -0.15) is 0 Å². The summed E-state index contributed by atoms with van der Waals surface area (Å²) in [5, 5.41) is 7.83. The first kappa shape index (κ1) is 25.8. The zero-order chi connectivity index (χ0) is 29.6. The van der Waals surface area contributed by atoms with Crippen LogP contribution < -0.4 is 4.90 Å². The van der Waals surface area contributed by atoms with Gasteiger partial charge in [-0.3, -0.25) is 0 Å². The first-order valence-electron chi connectivity index (χ1n) is 15.9. The Labute approximate surface area is 257 Å². The van der Waals surface area contributed by atoms with E-state index >= 15 is 0 Å². The van der Waals surface area contributed by atoms with Crippen molar-refractivity contribution in [2.75, 3.05) is 4.90 Å². The monoisotopic (exact) mass is 571 g/mol. The summed E-state index contributed by atoms with van der Waals surface area (Å²) in [4.78, 5) is 2.45. The van der Waals surface area contributed by atoms with E-state index in [-0.39, 0.29) is 16.8 Å². The van der Waals surface area contributed by atoms with Gasteiger partial charge < -0.3 is 4.90 Å². The van der Waals surface area contributed by atoms with Gasteiger partial charge in [-0.05, 0) is 110 Å². The molecule has 1 nitrogen and oxygen atoms in total. The molecule has 2 unspecified atom stereocenters. The molecule has 1 saturated carbocycles. The van der Waals surface area contributed by atoms with Crippen molar-refractivity contribution in [2.45, 2.75) is 50.5 Å².